The third-order valence-electron chi connectivity index (χ3n) is 7.19. The number of ether oxygens (including phenoxy) is 2. The number of amides is 1. The normalized spacial score (nSPS) is 25.2. The monoisotopic (exact) mass is 530 g/mol. The molecule has 1 radical (unpaired) electrons. The van der Waals surface area contributed by atoms with Crippen LogP contribution in [0.15, 0.2) is 47.4 Å². The van der Waals surface area contributed by atoms with Crippen molar-refractivity contribution in [3.63, 3.8) is 0 Å². The van der Waals surface area contributed by atoms with E-state index in [1.807, 2.05) is 85.0 Å². The first-order valence-electron chi connectivity index (χ1n) is 12.5. The Kier molecular flexibility index (Phi) is 8.10. The standard InChI is InChI=1S/C27H40N3O6Si/c1-24(2,3)20(31)21-26(34,25(4,5)6)17-27(36-21,37(7)8)30-15-14-19(28-22(30)32)29-23(33)35-16-18-12-10-9-11-13-18/h9-15,20-21,31,34H,16-17H2,1-8H3,(H,28,29,32,33)/t20?,21-,26+,27+/m1/s1. The molecule has 3 N–H and O–H groups in total. The number of aliphatic hydroxyl groups is 2. The zero-order valence-electron chi connectivity index (χ0n) is 23.0. The number of aliphatic hydroxyl groups excluding tert-OH is 1. The van der Waals surface area contributed by atoms with Gasteiger partial charge in [-0.2, -0.15) is 4.98 Å². The maximum absolute atomic E-state index is 13.3. The summed E-state index contributed by atoms with van der Waals surface area (Å²) in [6.07, 6.45) is -0.995. The van der Waals surface area contributed by atoms with Crippen LogP contribution in [-0.4, -0.2) is 52.5 Å². The Labute approximate surface area is 220 Å². The van der Waals surface area contributed by atoms with E-state index in [9.17, 15) is 19.8 Å². The molecule has 4 atom stereocenters. The highest BCUT2D eigenvalue weighted by Gasteiger charge is 2.65. The van der Waals surface area contributed by atoms with Crippen LogP contribution in [0, 0.1) is 10.8 Å². The molecule has 0 aliphatic carbocycles. The summed E-state index contributed by atoms with van der Waals surface area (Å²) in [5.74, 6) is 0.0470. The van der Waals surface area contributed by atoms with Crippen LogP contribution in [0.1, 0.15) is 53.5 Å². The molecular weight excluding hydrogens is 490 g/mol. The number of rotatable bonds is 6. The largest absolute Gasteiger partial charge is 0.444 e. The van der Waals surface area contributed by atoms with E-state index >= 15 is 0 Å². The summed E-state index contributed by atoms with van der Waals surface area (Å²) in [7, 11) is -1.44. The van der Waals surface area contributed by atoms with Crippen molar-refractivity contribution in [2.24, 2.45) is 10.8 Å². The smallest absolute Gasteiger partial charge is 0.413 e. The van der Waals surface area contributed by atoms with Gasteiger partial charge in [0.1, 0.15) is 38.3 Å². The van der Waals surface area contributed by atoms with E-state index in [1.54, 1.807) is 0 Å². The van der Waals surface area contributed by atoms with Crippen LogP contribution >= 0.6 is 0 Å². The lowest BCUT2D eigenvalue weighted by Gasteiger charge is -2.44. The van der Waals surface area contributed by atoms with Gasteiger partial charge >= 0.3 is 11.8 Å². The Bertz CT molecular complexity index is 1160. The summed E-state index contributed by atoms with van der Waals surface area (Å²) in [5, 5.41) is 24.6. The number of carbonyl (C=O) groups excluding carboxylic acids is 1. The van der Waals surface area contributed by atoms with Gasteiger partial charge in [-0.1, -0.05) is 85.0 Å². The summed E-state index contributed by atoms with van der Waals surface area (Å²) in [6.45, 7) is 15.5. The van der Waals surface area contributed by atoms with E-state index in [0.717, 1.165) is 5.56 Å². The van der Waals surface area contributed by atoms with Gasteiger partial charge < -0.3 is 19.7 Å². The van der Waals surface area contributed by atoms with Gasteiger partial charge in [0, 0.05) is 12.6 Å². The van der Waals surface area contributed by atoms with Crippen LogP contribution < -0.4 is 11.0 Å². The SMILES string of the molecule is C[Si](C)[C@]1(n2ccc(NC(=O)OCc3ccccc3)nc2=O)C[C@@](O)(C(C)(C)C)[C@@H](C(O)C(C)(C)C)O1. The number of nitrogens with one attached hydrogen (secondary N) is 1. The first kappa shape index (κ1) is 29.0. The first-order valence-corrected chi connectivity index (χ1v) is 15.0. The molecule has 10 heteroatoms. The van der Waals surface area contributed by atoms with Crippen LogP contribution in [0.25, 0.3) is 0 Å². The molecule has 203 valence electrons. The van der Waals surface area contributed by atoms with Gasteiger partial charge in [-0.05, 0) is 22.5 Å². The molecule has 1 aromatic carbocycles. The van der Waals surface area contributed by atoms with E-state index in [2.05, 4.69) is 10.3 Å². The lowest BCUT2D eigenvalue weighted by Crippen LogP contribution is -2.57. The van der Waals surface area contributed by atoms with Crippen LogP contribution in [0.3, 0.4) is 0 Å². The van der Waals surface area contributed by atoms with Crippen molar-refractivity contribution < 1.29 is 24.5 Å². The van der Waals surface area contributed by atoms with Crippen molar-refractivity contribution in [3.05, 3.63) is 58.6 Å². The van der Waals surface area contributed by atoms with Crippen molar-refractivity contribution in [3.8, 4) is 0 Å². The average molecular weight is 531 g/mol. The molecule has 1 aromatic heterocycles. The average Bonchev–Trinajstić information content (AvgIpc) is 3.13. The van der Waals surface area contributed by atoms with Crippen LogP contribution in [0.5, 0.6) is 0 Å². The van der Waals surface area contributed by atoms with Gasteiger partial charge in [0.05, 0.1) is 6.10 Å². The lowest BCUT2D eigenvalue weighted by atomic mass is 9.68. The maximum atomic E-state index is 13.3. The molecule has 1 unspecified atom stereocenters. The fourth-order valence-corrected chi connectivity index (χ4v) is 6.21. The molecule has 1 fully saturated rings. The number of hydrogen-bond donors (Lipinski definition) is 3. The number of aromatic nitrogens is 2. The van der Waals surface area contributed by atoms with Crippen molar-refractivity contribution in [1.82, 2.24) is 9.55 Å². The van der Waals surface area contributed by atoms with Crippen molar-refractivity contribution in [2.75, 3.05) is 5.32 Å². The first-order chi connectivity index (χ1) is 17.0. The van der Waals surface area contributed by atoms with E-state index in [-0.39, 0.29) is 18.8 Å². The molecule has 0 bridgehead atoms. The Balaban J connectivity index is 1.91. The second-order valence-electron chi connectivity index (χ2n) is 12.1. The summed E-state index contributed by atoms with van der Waals surface area (Å²) in [4.78, 5) is 29.6. The Hall–Kier alpha value is -2.53. The number of carbonyl (C=O) groups is 1. The summed E-state index contributed by atoms with van der Waals surface area (Å²) in [5.41, 5.74) is -2.43. The number of nitrogens with zero attached hydrogens (tertiary/aromatic N) is 2. The maximum Gasteiger partial charge on any atom is 0.413 e. The summed E-state index contributed by atoms with van der Waals surface area (Å²) in [6, 6.07) is 10.8. The van der Waals surface area contributed by atoms with E-state index in [1.165, 1.54) is 16.8 Å². The molecule has 1 aliphatic heterocycles. The van der Waals surface area contributed by atoms with Gasteiger partial charge in [0.15, 0.2) is 0 Å². The minimum atomic E-state index is -1.44. The van der Waals surface area contributed by atoms with E-state index in [0.29, 0.717) is 0 Å². The zero-order chi connectivity index (χ0) is 27.8. The quantitative estimate of drug-likeness (QED) is 0.484. The molecule has 1 saturated heterocycles. The Morgan fingerprint density at radius 3 is 2.35 bits per heavy atom. The molecule has 37 heavy (non-hydrogen) atoms. The minimum Gasteiger partial charge on any atom is -0.444 e. The van der Waals surface area contributed by atoms with E-state index in [4.69, 9.17) is 9.47 Å². The molecule has 3 rings (SSSR count). The van der Waals surface area contributed by atoms with Crippen LogP contribution in [-0.2, 0) is 21.4 Å². The van der Waals surface area contributed by atoms with Gasteiger partial charge in [0.25, 0.3) is 0 Å². The molecule has 2 aromatic rings. The van der Waals surface area contributed by atoms with Crippen molar-refractivity contribution >= 4 is 20.7 Å². The molecular formula is C27H40N3O6Si. The van der Waals surface area contributed by atoms with Gasteiger partial charge in [-0.3, -0.25) is 9.88 Å². The summed E-state index contributed by atoms with van der Waals surface area (Å²) >= 11 is 0. The highest BCUT2D eigenvalue weighted by Crippen LogP contribution is 2.53. The highest BCUT2D eigenvalue weighted by molar-refractivity contribution is 6.58. The van der Waals surface area contributed by atoms with Crippen LogP contribution in [0.2, 0.25) is 13.1 Å². The number of hydrogen-bond acceptors (Lipinski definition) is 7. The van der Waals surface area contributed by atoms with Gasteiger partial charge in [-0.25, -0.2) is 9.59 Å². The van der Waals surface area contributed by atoms with E-state index < -0.39 is 54.6 Å². The highest BCUT2D eigenvalue weighted by atomic mass is 28.3. The molecule has 1 amide bonds. The second-order valence-corrected chi connectivity index (χ2v) is 14.9. The predicted octanol–water partition coefficient (Wildman–Crippen LogP) is 3.91. The third kappa shape index (κ3) is 5.82. The minimum absolute atomic E-state index is 0.0470. The molecule has 0 spiro atoms. The molecule has 9 nitrogen and oxygen atoms in total. The number of anilines is 1. The Morgan fingerprint density at radius 1 is 1.22 bits per heavy atom. The zero-order valence-corrected chi connectivity index (χ0v) is 24.0. The molecule has 1 aliphatic rings. The van der Waals surface area contributed by atoms with Crippen LogP contribution in [0.4, 0.5) is 10.6 Å². The fourth-order valence-electron chi connectivity index (χ4n) is 4.58. The van der Waals surface area contributed by atoms with Gasteiger partial charge in [0.2, 0.25) is 0 Å². The van der Waals surface area contributed by atoms with Crippen molar-refractivity contribution in [2.45, 2.75) is 90.8 Å². The topological polar surface area (TPSA) is 123 Å². The predicted molar refractivity (Wildman–Crippen MR) is 144 cm³/mol. The summed E-state index contributed by atoms with van der Waals surface area (Å²) < 4.78 is 13.2. The lowest BCUT2D eigenvalue weighted by molar-refractivity contribution is -0.180. The third-order valence-corrected chi connectivity index (χ3v) is 9.29. The Morgan fingerprint density at radius 2 is 1.84 bits per heavy atom. The second kappa shape index (κ2) is 10.3. The van der Waals surface area contributed by atoms with Gasteiger partial charge in [-0.15, -0.1) is 0 Å². The fraction of sp³-hybridized carbons (Fsp3) is 0.593. The molecule has 0 saturated carbocycles. The number of benzene rings is 1. The van der Waals surface area contributed by atoms with Crippen molar-refractivity contribution in [1.29, 1.82) is 0 Å². The molecule has 2 heterocycles.